The smallest absolute Gasteiger partial charge is 0.276 e. The Kier molecular flexibility index (Phi) is 4.47. The molecule has 0 radical (unpaired) electrons. The van der Waals surface area contributed by atoms with E-state index in [0.717, 1.165) is 0 Å². The summed E-state index contributed by atoms with van der Waals surface area (Å²) in [7, 11) is 1.74. The number of hydrogen-bond donors (Lipinski definition) is 1. The summed E-state index contributed by atoms with van der Waals surface area (Å²) in [6, 6.07) is 5.18. The van der Waals surface area contributed by atoms with E-state index in [1.54, 1.807) is 36.2 Å². The molecule has 6 heteroatoms. The predicted octanol–water partition coefficient (Wildman–Crippen LogP) is 2.21. The Labute approximate surface area is 129 Å². The van der Waals surface area contributed by atoms with Gasteiger partial charge in [-0.2, -0.15) is 0 Å². The lowest BCUT2D eigenvalue weighted by Crippen LogP contribution is -2.30. The first kappa shape index (κ1) is 15.3. The molecule has 0 unspecified atom stereocenters. The van der Waals surface area contributed by atoms with E-state index in [0.29, 0.717) is 35.3 Å². The summed E-state index contributed by atoms with van der Waals surface area (Å²) in [6.07, 6.45) is 1.63. The molecule has 1 heterocycles. The van der Waals surface area contributed by atoms with Crippen LogP contribution in [0, 0.1) is 0 Å². The van der Waals surface area contributed by atoms with Crippen LogP contribution in [0.15, 0.2) is 23.9 Å². The van der Waals surface area contributed by atoms with Crippen LogP contribution in [0.5, 0.6) is 11.5 Å². The first-order valence-corrected chi connectivity index (χ1v) is 7.18. The Hall–Kier alpha value is -2.08. The maximum absolute atomic E-state index is 12.3. The van der Waals surface area contributed by atoms with E-state index in [1.807, 2.05) is 13.8 Å². The standard InChI is InChI=1S/C15H18N2O3S/c1-4-17-14(19)11(16(3)15(17)21)9-10-7-6-8-12(13(10)18)20-5-2/h6-9,18H,4-5H2,1-3H3/b11-9-. The summed E-state index contributed by atoms with van der Waals surface area (Å²) in [5.74, 6) is 0.259. The van der Waals surface area contributed by atoms with Crippen molar-refractivity contribution in [1.82, 2.24) is 9.80 Å². The third kappa shape index (κ3) is 2.71. The van der Waals surface area contributed by atoms with Gasteiger partial charge in [0.25, 0.3) is 5.91 Å². The van der Waals surface area contributed by atoms with E-state index < -0.39 is 0 Å². The van der Waals surface area contributed by atoms with Gasteiger partial charge in [-0.1, -0.05) is 12.1 Å². The molecule has 0 aromatic heterocycles. The molecule has 1 aliphatic heterocycles. The molecular formula is C15H18N2O3S. The first-order valence-electron chi connectivity index (χ1n) is 6.77. The monoisotopic (exact) mass is 306 g/mol. The van der Waals surface area contributed by atoms with Crippen molar-refractivity contribution >= 4 is 29.3 Å². The zero-order valence-corrected chi connectivity index (χ0v) is 13.1. The molecule has 1 aromatic carbocycles. The van der Waals surface area contributed by atoms with Crippen molar-refractivity contribution in [2.75, 3.05) is 20.2 Å². The Bertz CT molecular complexity index is 613. The van der Waals surface area contributed by atoms with Crippen LogP contribution in [0.2, 0.25) is 0 Å². The normalized spacial score (nSPS) is 17.0. The Balaban J connectivity index is 2.42. The number of ether oxygens (including phenoxy) is 1. The van der Waals surface area contributed by atoms with E-state index in [2.05, 4.69) is 0 Å². The fourth-order valence-electron chi connectivity index (χ4n) is 2.17. The molecule has 1 amide bonds. The number of thiocarbonyl (C=S) groups is 1. The minimum atomic E-state index is -0.161. The summed E-state index contributed by atoms with van der Waals surface area (Å²) >= 11 is 5.24. The Morgan fingerprint density at radius 3 is 2.67 bits per heavy atom. The third-order valence-corrected chi connectivity index (χ3v) is 3.78. The quantitative estimate of drug-likeness (QED) is 0.683. The number of aromatic hydroxyl groups is 1. The molecule has 1 fully saturated rings. The number of carbonyl (C=O) groups is 1. The van der Waals surface area contributed by atoms with Crippen molar-refractivity contribution < 1.29 is 14.6 Å². The molecule has 0 spiro atoms. The van der Waals surface area contributed by atoms with E-state index in [-0.39, 0.29) is 11.7 Å². The average molecular weight is 306 g/mol. The first-order chi connectivity index (χ1) is 10.0. The molecule has 1 N–H and O–H groups in total. The van der Waals surface area contributed by atoms with Gasteiger partial charge in [-0.05, 0) is 38.2 Å². The molecule has 0 aliphatic carbocycles. The molecule has 0 atom stereocenters. The second kappa shape index (κ2) is 6.13. The van der Waals surface area contributed by atoms with Crippen LogP contribution in [0.3, 0.4) is 0 Å². The number of phenolic OH excluding ortho intramolecular Hbond substituents is 1. The summed E-state index contributed by atoms with van der Waals surface area (Å²) in [6.45, 7) is 4.69. The zero-order chi connectivity index (χ0) is 15.6. The summed E-state index contributed by atoms with van der Waals surface area (Å²) in [5.41, 5.74) is 0.961. The Morgan fingerprint density at radius 1 is 1.38 bits per heavy atom. The van der Waals surface area contributed by atoms with Crippen LogP contribution < -0.4 is 4.74 Å². The van der Waals surface area contributed by atoms with Crippen LogP contribution in [-0.2, 0) is 4.79 Å². The molecule has 5 nitrogen and oxygen atoms in total. The van der Waals surface area contributed by atoms with E-state index in [4.69, 9.17) is 17.0 Å². The van der Waals surface area contributed by atoms with Gasteiger partial charge in [0.05, 0.1) is 6.61 Å². The number of amides is 1. The highest BCUT2D eigenvalue weighted by atomic mass is 32.1. The van der Waals surface area contributed by atoms with Gasteiger partial charge in [-0.15, -0.1) is 0 Å². The van der Waals surface area contributed by atoms with Gasteiger partial charge in [0.1, 0.15) is 5.70 Å². The lowest BCUT2D eigenvalue weighted by molar-refractivity contribution is -0.122. The van der Waals surface area contributed by atoms with E-state index >= 15 is 0 Å². The maximum atomic E-state index is 12.3. The van der Waals surface area contributed by atoms with Crippen LogP contribution in [-0.4, -0.2) is 46.1 Å². The molecule has 1 aromatic rings. The highest BCUT2D eigenvalue weighted by Gasteiger charge is 2.34. The number of para-hydroxylation sites is 1. The van der Waals surface area contributed by atoms with Crippen LogP contribution in [0.25, 0.3) is 6.08 Å². The molecule has 2 rings (SSSR count). The number of rotatable bonds is 4. The SMILES string of the molecule is CCOc1cccc(/C=C2/C(=O)N(CC)C(=S)N2C)c1O. The number of carbonyl (C=O) groups excluding carboxylic acids is 1. The lowest BCUT2D eigenvalue weighted by Gasteiger charge is -2.13. The van der Waals surface area contributed by atoms with Gasteiger partial charge < -0.3 is 14.7 Å². The van der Waals surface area contributed by atoms with Gasteiger partial charge in [0, 0.05) is 19.2 Å². The van der Waals surface area contributed by atoms with Crippen LogP contribution >= 0.6 is 12.2 Å². The second-order valence-electron chi connectivity index (χ2n) is 4.55. The summed E-state index contributed by atoms with van der Waals surface area (Å²) in [5, 5.41) is 10.7. The van der Waals surface area contributed by atoms with Crippen LogP contribution in [0.1, 0.15) is 19.4 Å². The van der Waals surface area contributed by atoms with Crippen molar-refractivity contribution in [1.29, 1.82) is 0 Å². The fraction of sp³-hybridized carbons (Fsp3) is 0.333. The highest BCUT2D eigenvalue weighted by molar-refractivity contribution is 7.80. The van der Waals surface area contributed by atoms with E-state index in [1.165, 1.54) is 4.90 Å². The minimum absolute atomic E-state index is 0.0221. The van der Waals surface area contributed by atoms with Crippen molar-refractivity contribution in [3.8, 4) is 11.5 Å². The van der Waals surface area contributed by atoms with Gasteiger partial charge in [0.15, 0.2) is 16.6 Å². The number of nitrogens with zero attached hydrogens (tertiary/aromatic N) is 2. The van der Waals surface area contributed by atoms with Crippen LogP contribution in [0.4, 0.5) is 0 Å². The number of likely N-dealkylation sites (N-methyl/N-ethyl adjacent to an activating group) is 2. The molecule has 1 aliphatic rings. The minimum Gasteiger partial charge on any atom is -0.504 e. The Morgan fingerprint density at radius 2 is 2.10 bits per heavy atom. The number of benzene rings is 1. The largest absolute Gasteiger partial charge is 0.504 e. The fourth-order valence-corrected chi connectivity index (χ4v) is 2.48. The van der Waals surface area contributed by atoms with E-state index in [9.17, 15) is 9.90 Å². The molecule has 0 bridgehead atoms. The number of phenols is 1. The molecule has 1 saturated heterocycles. The van der Waals surface area contributed by atoms with Gasteiger partial charge >= 0.3 is 0 Å². The van der Waals surface area contributed by atoms with Gasteiger partial charge in [-0.25, -0.2) is 0 Å². The van der Waals surface area contributed by atoms with Gasteiger partial charge in [0.2, 0.25) is 0 Å². The predicted molar refractivity (Wildman–Crippen MR) is 85.0 cm³/mol. The highest BCUT2D eigenvalue weighted by Crippen LogP contribution is 2.32. The summed E-state index contributed by atoms with van der Waals surface area (Å²) in [4.78, 5) is 15.5. The second-order valence-corrected chi connectivity index (χ2v) is 4.91. The van der Waals surface area contributed by atoms with Crippen molar-refractivity contribution in [3.05, 3.63) is 29.5 Å². The molecular weight excluding hydrogens is 288 g/mol. The topological polar surface area (TPSA) is 53.0 Å². The van der Waals surface area contributed by atoms with Crippen molar-refractivity contribution in [3.63, 3.8) is 0 Å². The maximum Gasteiger partial charge on any atom is 0.276 e. The number of hydrogen-bond acceptors (Lipinski definition) is 4. The molecule has 0 saturated carbocycles. The van der Waals surface area contributed by atoms with Crippen molar-refractivity contribution in [2.24, 2.45) is 0 Å². The van der Waals surface area contributed by atoms with Gasteiger partial charge in [-0.3, -0.25) is 9.69 Å². The van der Waals surface area contributed by atoms with Crippen molar-refractivity contribution in [2.45, 2.75) is 13.8 Å². The molecule has 21 heavy (non-hydrogen) atoms. The summed E-state index contributed by atoms with van der Waals surface area (Å²) < 4.78 is 5.34. The zero-order valence-electron chi connectivity index (χ0n) is 12.3. The average Bonchev–Trinajstić information content (AvgIpc) is 2.67. The molecule has 112 valence electrons. The lowest BCUT2D eigenvalue weighted by atomic mass is 10.1. The third-order valence-electron chi connectivity index (χ3n) is 3.28.